The van der Waals surface area contributed by atoms with Crippen LogP contribution in [0.1, 0.15) is 160 Å². The van der Waals surface area contributed by atoms with Gasteiger partial charge in [0.2, 0.25) is 0 Å². The van der Waals surface area contributed by atoms with Gasteiger partial charge in [0.25, 0.3) is 0 Å². The number of halogens is 2. The Hall–Kier alpha value is -3.68. The molecule has 0 amide bonds. The molecule has 0 unspecified atom stereocenters. The smallest absolute Gasteiger partial charge is 0.170 e. The zero-order valence-electron chi connectivity index (χ0n) is 35.2. The van der Waals surface area contributed by atoms with E-state index < -0.39 is 11.6 Å². The van der Waals surface area contributed by atoms with Crippen molar-refractivity contribution in [1.82, 2.24) is 15.0 Å². The fraction of sp³-hybridized carbons (Fsp3) is 0.490. The second kappa shape index (κ2) is 20.5. The maximum absolute atomic E-state index is 16.5. The van der Waals surface area contributed by atoms with Crippen LogP contribution >= 0.6 is 22.7 Å². The van der Waals surface area contributed by atoms with Gasteiger partial charge in [0.05, 0.1) is 17.7 Å². The summed E-state index contributed by atoms with van der Waals surface area (Å²) in [5, 5.41) is 11.6. The van der Waals surface area contributed by atoms with Crippen LogP contribution in [-0.4, -0.2) is 15.0 Å². The van der Waals surface area contributed by atoms with Crippen molar-refractivity contribution in [2.24, 2.45) is 0 Å². The van der Waals surface area contributed by atoms with Gasteiger partial charge in [-0.1, -0.05) is 172 Å². The Morgan fingerprint density at radius 1 is 0.534 bits per heavy atom. The van der Waals surface area contributed by atoms with Crippen LogP contribution in [0.15, 0.2) is 72.1 Å². The Labute approximate surface area is 354 Å². The van der Waals surface area contributed by atoms with Crippen LogP contribution in [0.4, 0.5) is 8.78 Å². The van der Waals surface area contributed by atoms with E-state index in [1.165, 1.54) is 148 Å². The number of aromatic nitrogens is 3. The zero-order valence-corrected chi connectivity index (χ0v) is 36.8. The molecule has 308 valence electrons. The molecule has 3 nitrogen and oxygen atoms in total. The molecule has 6 aromatic rings. The van der Waals surface area contributed by atoms with E-state index >= 15 is 8.78 Å². The molecule has 7 heteroatoms. The summed E-state index contributed by atoms with van der Waals surface area (Å²) in [5.74, 6) is -1.70. The lowest BCUT2D eigenvalue weighted by Crippen LogP contribution is -2.25. The topological polar surface area (TPSA) is 30.7 Å². The summed E-state index contributed by atoms with van der Waals surface area (Å²) in [6.45, 7) is 7.42. The normalized spacial score (nSPS) is 13.1. The third-order valence-electron chi connectivity index (χ3n) is 12.6. The van der Waals surface area contributed by atoms with Crippen LogP contribution in [0, 0.1) is 11.6 Å². The molecule has 7 rings (SSSR count). The number of hydrogen-bond donors (Lipinski definition) is 0. The molecule has 3 aromatic heterocycles. The van der Waals surface area contributed by atoms with Crippen molar-refractivity contribution in [3.8, 4) is 42.4 Å². The third-order valence-corrected chi connectivity index (χ3v) is 14.6. The van der Waals surface area contributed by atoms with Crippen molar-refractivity contribution in [1.29, 1.82) is 0 Å². The van der Waals surface area contributed by atoms with Crippen LogP contribution in [-0.2, 0) is 12.0 Å². The molecule has 0 spiro atoms. The summed E-state index contributed by atoms with van der Waals surface area (Å²) in [6, 6.07) is 23.9. The summed E-state index contributed by atoms with van der Waals surface area (Å²) < 4.78 is 32.8. The molecule has 1 aliphatic rings. The summed E-state index contributed by atoms with van der Waals surface area (Å²) >= 11 is 2.92. The van der Waals surface area contributed by atoms with Crippen molar-refractivity contribution in [3.63, 3.8) is 0 Å². The van der Waals surface area contributed by atoms with E-state index in [0.717, 1.165) is 36.1 Å². The van der Waals surface area contributed by atoms with Crippen molar-refractivity contribution < 1.29 is 8.78 Å². The number of rotatable bonds is 24. The van der Waals surface area contributed by atoms with E-state index in [9.17, 15) is 0 Å². The minimum atomic E-state index is -0.851. The summed E-state index contributed by atoms with van der Waals surface area (Å²) in [6.07, 6.45) is 24.6. The first-order valence-electron chi connectivity index (χ1n) is 22.6. The molecule has 0 saturated heterocycles. The van der Waals surface area contributed by atoms with E-state index in [4.69, 9.17) is 10.2 Å². The van der Waals surface area contributed by atoms with E-state index in [1.54, 1.807) is 4.80 Å². The van der Waals surface area contributed by atoms with Gasteiger partial charge in [-0.15, -0.1) is 22.7 Å². The van der Waals surface area contributed by atoms with Crippen molar-refractivity contribution in [3.05, 3.63) is 94.9 Å². The highest BCUT2D eigenvalue weighted by Gasteiger charge is 2.42. The Kier molecular flexibility index (Phi) is 15.0. The maximum Gasteiger partial charge on any atom is 0.170 e. The number of thiophene rings is 2. The number of aryl methyl sites for hydroxylation is 1. The molecule has 58 heavy (non-hydrogen) atoms. The van der Waals surface area contributed by atoms with E-state index in [2.05, 4.69) is 69.3 Å². The SMILES string of the molecule is CCCCCCCCn1nc2c(-c3cccs3)c(F)c(F)c(-c3ccc(-c4ccc5c(c4)C(CCCCCCCC)(CCCCCCCC)c4ccccc4-5)s3)c2n1. The average molecular weight is 820 g/mol. The monoisotopic (exact) mass is 819 g/mol. The fourth-order valence-corrected chi connectivity index (χ4v) is 11.2. The highest BCUT2D eigenvalue weighted by molar-refractivity contribution is 7.19. The highest BCUT2D eigenvalue weighted by Crippen LogP contribution is 2.55. The predicted octanol–water partition coefficient (Wildman–Crippen LogP) is 17.0. The van der Waals surface area contributed by atoms with Gasteiger partial charge in [0, 0.05) is 20.0 Å². The van der Waals surface area contributed by atoms with Gasteiger partial charge >= 0.3 is 0 Å². The minimum absolute atomic E-state index is 0.0228. The first-order chi connectivity index (χ1) is 28.5. The molecule has 0 bridgehead atoms. The largest absolute Gasteiger partial charge is 0.203 e. The molecule has 0 atom stereocenters. The van der Waals surface area contributed by atoms with Gasteiger partial charge in [-0.25, -0.2) is 8.78 Å². The Balaban J connectivity index is 1.23. The molecule has 1 aliphatic carbocycles. The first kappa shape index (κ1) is 42.4. The molecule has 0 saturated carbocycles. The van der Waals surface area contributed by atoms with Crippen molar-refractivity contribution in [2.75, 3.05) is 0 Å². The standard InChI is InChI=1S/C51H63F2N3S2/c1-4-7-10-13-16-21-32-51(33-22-17-14-11-8-5-2)40-26-20-19-25-38(40)39-29-28-37(36-41(39)51)42-30-31-44(58-42)46-48(53)47(52)45(43-27-24-35-57-43)49-50(46)55-56(54-49)34-23-18-15-12-9-6-3/h19-20,24-31,35-36H,4-18,21-23,32-34H2,1-3H3. The Bertz CT molecular complexity index is 2200. The highest BCUT2D eigenvalue weighted by atomic mass is 32.1. The van der Waals surface area contributed by atoms with Crippen LogP contribution in [0.3, 0.4) is 0 Å². The van der Waals surface area contributed by atoms with E-state index in [-0.39, 0.29) is 16.5 Å². The summed E-state index contributed by atoms with van der Waals surface area (Å²) in [5.41, 5.74) is 8.07. The van der Waals surface area contributed by atoms with Crippen molar-refractivity contribution >= 4 is 33.7 Å². The van der Waals surface area contributed by atoms with Gasteiger partial charge in [-0.3, -0.25) is 0 Å². The third kappa shape index (κ3) is 9.21. The maximum atomic E-state index is 16.5. The molecule has 0 fully saturated rings. The Morgan fingerprint density at radius 3 is 1.71 bits per heavy atom. The summed E-state index contributed by atoms with van der Waals surface area (Å²) in [7, 11) is 0. The average Bonchev–Trinajstić information content (AvgIpc) is 4.07. The number of benzene rings is 3. The van der Waals surface area contributed by atoms with Gasteiger partial charge in [-0.05, 0) is 76.7 Å². The molecule has 0 N–H and O–H groups in total. The van der Waals surface area contributed by atoms with Crippen molar-refractivity contribution in [2.45, 2.75) is 161 Å². The molecule has 3 aromatic carbocycles. The molecule has 0 aliphatic heterocycles. The van der Waals surface area contributed by atoms with Crippen LogP contribution in [0.2, 0.25) is 0 Å². The number of fused-ring (bicyclic) bond motifs is 4. The zero-order chi connectivity index (χ0) is 40.3. The number of hydrogen-bond acceptors (Lipinski definition) is 4. The molecular formula is C51H63F2N3S2. The second-order valence-corrected chi connectivity index (χ2v) is 18.7. The summed E-state index contributed by atoms with van der Waals surface area (Å²) in [4.78, 5) is 4.06. The van der Waals surface area contributed by atoms with Crippen LogP contribution in [0.25, 0.3) is 53.5 Å². The molecule has 0 radical (unpaired) electrons. The van der Waals surface area contributed by atoms with Gasteiger partial charge in [0.15, 0.2) is 11.6 Å². The number of unbranched alkanes of at least 4 members (excludes halogenated alkanes) is 15. The predicted molar refractivity (Wildman–Crippen MR) is 245 cm³/mol. The Morgan fingerprint density at radius 2 is 1.09 bits per heavy atom. The second-order valence-electron chi connectivity index (χ2n) is 16.7. The minimum Gasteiger partial charge on any atom is -0.203 e. The van der Waals surface area contributed by atoms with Gasteiger partial charge < -0.3 is 0 Å². The van der Waals surface area contributed by atoms with Gasteiger partial charge in [0.1, 0.15) is 11.0 Å². The lowest BCUT2D eigenvalue weighted by molar-refractivity contribution is 0.398. The molecule has 3 heterocycles. The van der Waals surface area contributed by atoms with Gasteiger partial charge in [-0.2, -0.15) is 15.0 Å². The van der Waals surface area contributed by atoms with E-state index in [0.29, 0.717) is 27.3 Å². The van der Waals surface area contributed by atoms with Crippen LogP contribution < -0.4 is 0 Å². The lowest BCUT2D eigenvalue weighted by atomic mass is 9.70. The number of nitrogens with zero attached hydrogens (tertiary/aromatic N) is 3. The first-order valence-corrected chi connectivity index (χ1v) is 24.3. The van der Waals surface area contributed by atoms with Crippen LogP contribution in [0.5, 0.6) is 0 Å². The quantitative estimate of drug-likeness (QED) is 0.0570. The lowest BCUT2D eigenvalue weighted by Gasteiger charge is -2.33. The van der Waals surface area contributed by atoms with E-state index in [1.807, 2.05) is 23.6 Å². The molecular weight excluding hydrogens is 757 g/mol. The fourth-order valence-electron chi connectivity index (χ4n) is 9.43.